The first-order valence-corrected chi connectivity index (χ1v) is 10.7. The van der Waals surface area contributed by atoms with Gasteiger partial charge in [-0.1, -0.05) is 18.1 Å². The average Bonchev–Trinajstić information content (AvgIpc) is 3.21. The average molecular weight is 406 g/mol. The normalized spacial score (nSPS) is 21.4. The Balaban J connectivity index is 1.86. The summed E-state index contributed by atoms with van der Waals surface area (Å²) in [5.74, 6) is -3.07. The van der Waals surface area contributed by atoms with Crippen molar-refractivity contribution < 1.29 is 24.2 Å². The highest BCUT2D eigenvalue weighted by atomic mass is 32.1. The number of hydrogen-bond donors (Lipinski definition) is 2. The number of aryl methyl sites for hydroxylation is 1. The molecule has 28 heavy (non-hydrogen) atoms. The molecule has 152 valence electrons. The van der Waals surface area contributed by atoms with Gasteiger partial charge >= 0.3 is 11.9 Å². The lowest BCUT2D eigenvalue weighted by Gasteiger charge is -2.29. The van der Waals surface area contributed by atoms with Gasteiger partial charge in [0.2, 0.25) is 5.91 Å². The molecular weight excluding hydrogens is 378 g/mol. The predicted octanol–water partition coefficient (Wildman–Crippen LogP) is 4.19. The number of aliphatic carboxylic acids is 1. The number of hydrogen-bond acceptors (Lipinski definition) is 5. The van der Waals surface area contributed by atoms with Crippen LogP contribution in [0.3, 0.4) is 0 Å². The number of thiophene rings is 1. The van der Waals surface area contributed by atoms with E-state index in [9.17, 15) is 19.5 Å². The summed E-state index contributed by atoms with van der Waals surface area (Å²) in [5, 5.41) is 13.0. The van der Waals surface area contributed by atoms with E-state index in [0.29, 0.717) is 30.0 Å². The lowest BCUT2D eigenvalue weighted by atomic mass is 9.76. The molecule has 2 N–H and O–H groups in total. The van der Waals surface area contributed by atoms with Gasteiger partial charge in [-0.25, -0.2) is 4.79 Å². The maximum absolute atomic E-state index is 13.0. The van der Waals surface area contributed by atoms with Crippen LogP contribution in [0, 0.1) is 11.8 Å². The summed E-state index contributed by atoms with van der Waals surface area (Å²) < 4.78 is 5.33. The van der Waals surface area contributed by atoms with Crippen molar-refractivity contribution in [1.29, 1.82) is 0 Å². The minimum atomic E-state index is -0.955. The Morgan fingerprint density at radius 3 is 2.46 bits per heavy atom. The number of amides is 1. The monoisotopic (exact) mass is 405 g/mol. The highest BCUT2D eigenvalue weighted by molar-refractivity contribution is 7.17. The van der Waals surface area contributed by atoms with E-state index in [4.69, 9.17) is 4.74 Å². The van der Waals surface area contributed by atoms with Gasteiger partial charge < -0.3 is 15.2 Å². The third-order valence-corrected chi connectivity index (χ3v) is 6.93. The molecule has 0 spiro atoms. The third kappa shape index (κ3) is 3.99. The zero-order chi connectivity index (χ0) is 20.4. The van der Waals surface area contributed by atoms with Crippen molar-refractivity contribution in [3.63, 3.8) is 0 Å². The molecule has 2 aliphatic carbocycles. The van der Waals surface area contributed by atoms with Crippen LogP contribution in [0.4, 0.5) is 5.00 Å². The van der Waals surface area contributed by atoms with Gasteiger partial charge in [-0.3, -0.25) is 9.59 Å². The van der Waals surface area contributed by atoms with E-state index in [1.165, 1.54) is 11.3 Å². The fourth-order valence-corrected chi connectivity index (χ4v) is 5.29. The fraction of sp³-hybridized carbons (Fsp3) is 0.571. The molecular formula is C21H27NO5S. The summed E-state index contributed by atoms with van der Waals surface area (Å²) in [7, 11) is 0. The third-order valence-electron chi connectivity index (χ3n) is 5.72. The van der Waals surface area contributed by atoms with Crippen molar-refractivity contribution in [2.75, 3.05) is 11.9 Å². The molecule has 6 nitrogen and oxygen atoms in total. The van der Waals surface area contributed by atoms with Gasteiger partial charge in [0, 0.05) is 4.88 Å². The van der Waals surface area contributed by atoms with Crippen molar-refractivity contribution in [3.8, 4) is 0 Å². The Morgan fingerprint density at radius 2 is 1.82 bits per heavy atom. The minimum Gasteiger partial charge on any atom is -0.481 e. The molecule has 0 radical (unpaired) electrons. The number of rotatable bonds is 6. The van der Waals surface area contributed by atoms with E-state index in [-0.39, 0.29) is 5.91 Å². The Hall–Kier alpha value is -2.15. The summed E-state index contributed by atoms with van der Waals surface area (Å²) in [4.78, 5) is 38.4. The molecule has 0 saturated heterocycles. The van der Waals surface area contributed by atoms with Crippen molar-refractivity contribution >= 4 is 34.2 Å². The maximum atomic E-state index is 13.0. The van der Waals surface area contributed by atoms with Crippen molar-refractivity contribution in [2.24, 2.45) is 11.8 Å². The van der Waals surface area contributed by atoms with Gasteiger partial charge in [0.05, 0.1) is 24.0 Å². The summed E-state index contributed by atoms with van der Waals surface area (Å²) in [6.07, 6.45) is 4.23. The summed E-state index contributed by atoms with van der Waals surface area (Å²) in [6.45, 7) is 6.14. The quantitative estimate of drug-likeness (QED) is 0.547. The molecule has 0 saturated carbocycles. The molecule has 0 aromatic carbocycles. The Kier molecular flexibility index (Phi) is 6.23. The molecule has 2 aliphatic rings. The molecule has 0 fully saturated rings. The van der Waals surface area contributed by atoms with Gasteiger partial charge in [0.25, 0.3) is 0 Å². The first-order chi connectivity index (χ1) is 13.3. The molecule has 1 amide bonds. The van der Waals surface area contributed by atoms with Crippen LogP contribution in [0.15, 0.2) is 11.1 Å². The first-order valence-electron chi connectivity index (χ1n) is 9.84. The molecule has 1 heterocycles. The van der Waals surface area contributed by atoms with Crippen LogP contribution in [0.1, 0.15) is 67.3 Å². The molecule has 2 atom stereocenters. The molecule has 0 bridgehead atoms. The molecule has 0 aliphatic heterocycles. The molecule has 1 aromatic heterocycles. The van der Waals surface area contributed by atoms with Crippen LogP contribution in [0.5, 0.6) is 0 Å². The van der Waals surface area contributed by atoms with E-state index in [1.54, 1.807) is 0 Å². The highest BCUT2D eigenvalue weighted by Crippen LogP contribution is 2.41. The number of esters is 1. The van der Waals surface area contributed by atoms with E-state index in [2.05, 4.69) is 5.32 Å². The predicted molar refractivity (Wildman–Crippen MR) is 108 cm³/mol. The van der Waals surface area contributed by atoms with Crippen molar-refractivity contribution in [3.05, 3.63) is 27.2 Å². The lowest BCUT2D eigenvalue weighted by molar-refractivity contribution is -0.146. The number of allylic oxidation sites excluding steroid dienone is 2. The Bertz CT molecular complexity index is 838. The van der Waals surface area contributed by atoms with Gasteiger partial charge in [0.15, 0.2) is 0 Å². The van der Waals surface area contributed by atoms with Crippen molar-refractivity contribution in [1.82, 2.24) is 0 Å². The SMILES string of the molecule is CCCOC(=O)c1c(NC(=O)C2CC(C)=C(C)CC2C(=O)O)sc2c1CCC2. The van der Waals surface area contributed by atoms with Gasteiger partial charge in [0.1, 0.15) is 5.00 Å². The number of nitrogens with one attached hydrogen (secondary N) is 1. The second kappa shape index (κ2) is 8.47. The second-order valence-electron chi connectivity index (χ2n) is 7.71. The molecule has 1 aromatic rings. The first kappa shape index (κ1) is 20.6. The number of carbonyl (C=O) groups excluding carboxylic acids is 2. The number of carboxylic acid groups (broad SMARTS) is 1. The highest BCUT2D eigenvalue weighted by Gasteiger charge is 2.38. The standard InChI is InChI=1S/C21H27NO5S/c1-4-8-27-21(26)17-13-6-5-7-16(13)28-19(17)22-18(23)14-9-11(2)12(3)10-15(14)20(24)25/h14-15H,4-10H2,1-3H3,(H,22,23)(H,24,25). The topological polar surface area (TPSA) is 92.7 Å². The van der Waals surface area contributed by atoms with Crippen LogP contribution >= 0.6 is 11.3 Å². The van der Waals surface area contributed by atoms with Crippen LogP contribution in [0.2, 0.25) is 0 Å². The smallest absolute Gasteiger partial charge is 0.341 e. The van der Waals surface area contributed by atoms with Crippen LogP contribution in [0.25, 0.3) is 0 Å². The number of carboxylic acids is 1. The summed E-state index contributed by atoms with van der Waals surface area (Å²) >= 11 is 1.42. The number of ether oxygens (including phenoxy) is 1. The number of anilines is 1. The van der Waals surface area contributed by atoms with Gasteiger partial charge in [-0.05, 0) is 57.9 Å². The Morgan fingerprint density at radius 1 is 1.14 bits per heavy atom. The van der Waals surface area contributed by atoms with Crippen LogP contribution < -0.4 is 5.32 Å². The summed E-state index contributed by atoms with van der Waals surface area (Å²) in [6, 6.07) is 0. The minimum absolute atomic E-state index is 0.330. The van der Waals surface area contributed by atoms with E-state index in [1.807, 2.05) is 20.8 Å². The molecule has 2 unspecified atom stereocenters. The maximum Gasteiger partial charge on any atom is 0.341 e. The van der Waals surface area contributed by atoms with Crippen LogP contribution in [-0.4, -0.2) is 29.6 Å². The van der Waals surface area contributed by atoms with Gasteiger partial charge in [-0.2, -0.15) is 0 Å². The largest absolute Gasteiger partial charge is 0.481 e. The van der Waals surface area contributed by atoms with E-state index >= 15 is 0 Å². The van der Waals surface area contributed by atoms with Gasteiger partial charge in [-0.15, -0.1) is 11.3 Å². The second-order valence-corrected chi connectivity index (χ2v) is 8.81. The number of fused-ring (bicyclic) bond motifs is 1. The van der Waals surface area contributed by atoms with Crippen LogP contribution in [-0.2, 0) is 27.2 Å². The molecule has 3 rings (SSSR count). The zero-order valence-corrected chi connectivity index (χ0v) is 17.4. The molecule has 7 heteroatoms. The Labute approximate surface area is 169 Å². The zero-order valence-electron chi connectivity index (χ0n) is 16.6. The van der Waals surface area contributed by atoms with Crippen molar-refractivity contribution in [2.45, 2.75) is 59.3 Å². The van der Waals surface area contributed by atoms with E-state index < -0.39 is 23.8 Å². The fourth-order valence-electron chi connectivity index (χ4n) is 4.01. The number of carbonyl (C=O) groups is 3. The summed E-state index contributed by atoms with van der Waals surface area (Å²) in [5.41, 5.74) is 3.54. The lowest BCUT2D eigenvalue weighted by Crippen LogP contribution is -2.36. The van der Waals surface area contributed by atoms with E-state index in [0.717, 1.165) is 47.3 Å².